The fourth-order valence-electron chi connectivity index (χ4n) is 2.73. The summed E-state index contributed by atoms with van der Waals surface area (Å²) in [6, 6.07) is 17.8. The summed E-state index contributed by atoms with van der Waals surface area (Å²) in [7, 11) is 0. The van der Waals surface area contributed by atoms with Crippen LogP contribution in [0.3, 0.4) is 0 Å². The summed E-state index contributed by atoms with van der Waals surface area (Å²) < 4.78 is 5.62. The third-order valence-corrected chi connectivity index (χ3v) is 4.97. The lowest BCUT2D eigenvalue weighted by atomic mass is 9.98. The predicted octanol–water partition coefficient (Wildman–Crippen LogP) is 5.50. The highest BCUT2D eigenvalue weighted by Crippen LogP contribution is 2.39. The number of rotatable bonds is 7. The summed E-state index contributed by atoms with van der Waals surface area (Å²) in [5.41, 5.74) is 3.93. The van der Waals surface area contributed by atoms with Crippen molar-refractivity contribution in [2.24, 2.45) is 0 Å². The second kappa shape index (κ2) is 7.99. The van der Waals surface area contributed by atoms with Gasteiger partial charge in [-0.25, -0.2) is 0 Å². The van der Waals surface area contributed by atoms with Crippen LogP contribution in [0.1, 0.15) is 18.9 Å². The molecule has 3 nitrogen and oxygen atoms in total. The van der Waals surface area contributed by atoms with Crippen molar-refractivity contribution >= 4 is 17.3 Å². The minimum atomic E-state index is -0.820. The van der Waals surface area contributed by atoms with Crippen LogP contribution < -0.4 is 4.74 Å². The monoisotopic (exact) mass is 352 g/mol. The molecule has 4 heteroatoms. The normalized spacial score (nSPS) is 10.6. The fourth-order valence-corrected chi connectivity index (χ4v) is 3.84. The van der Waals surface area contributed by atoms with Crippen LogP contribution in [0.5, 0.6) is 5.75 Å². The van der Waals surface area contributed by atoms with Gasteiger partial charge >= 0.3 is 5.97 Å². The van der Waals surface area contributed by atoms with Crippen LogP contribution in [0.25, 0.3) is 21.6 Å². The average Bonchev–Trinajstić information content (AvgIpc) is 3.04. The largest absolute Gasteiger partial charge is 0.494 e. The van der Waals surface area contributed by atoms with Gasteiger partial charge < -0.3 is 9.84 Å². The Morgan fingerprint density at radius 2 is 1.76 bits per heavy atom. The van der Waals surface area contributed by atoms with E-state index in [4.69, 9.17) is 4.74 Å². The highest BCUT2D eigenvalue weighted by atomic mass is 32.1. The van der Waals surface area contributed by atoms with E-state index in [0.29, 0.717) is 6.61 Å². The second-order valence-electron chi connectivity index (χ2n) is 5.77. The quantitative estimate of drug-likeness (QED) is 0.611. The van der Waals surface area contributed by atoms with Crippen molar-refractivity contribution in [2.75, 3.05) is 6.61 Å². The molecule has 0 saturated heterocycles. The van der Waals surface area contributed by atoms with Crippen LogP contribution in [-0.4, -0.2) is 17.7 Å². The zero-order valence-corrected chi connectivity index (χ0v) is 14.9. The topological polar surface area (TPSA) is 46.5 Å². The van der Waals surface area contributed by atoms with Gasteiger partial charge in [-0.3, -0.25) is 4.79 Å². The Kier molecular flexibility index (Phi) is 5.51. The molecule has 1 aromatic heterocycles. The molecule has 0 aliphatic heterocycles. The number of carbonyl (C=O) groups is 1. The number of hydrogen-bond donors (Lipinski definition) is 1. The molecule has 0 bridgehead atoms. The van der Waals surface area contributed by atoms with E-state index in [0.717, 1.165) is 39.3 Å². The molecule has 25 heavy (non-hydrogen) atoms. The molecule has 3 rings (SSSR count). The van der Waals surface area contributed by atoms with Gasteiger partial charge in [0.05, 0.1) is 13.0 Å². The van der Waals surface area contributed by atoms with Crippen LogP contribution in [0.4, 0.5) is 0 Å². The van der Waals surface area contributed by atoms with E-state index >= 15 is 0 Å². The van der Waals surface area contributed by atoms with Crippen LogP contribution in [-0.2, 0) is 11.2 Å². The molecule has 0 amide bonds. The predicted molar refractivity (Wildman–Crippen MR) is 102 cm³/mol. The van der Waals surface area contributed by atoms with Crippen LogP contribution in [0.15, 0.2) is 60.0 Å². The molecule has 0 radical (unpaired) electrons. The van der Waals surface area contributed by atoms with Crippen LogP contribution >= 0.6 is 11.3 Å². The number of thiophene rings is 1. The van der Waals surface area contributed by atoms with Gasteiger partial charge in [-0.15, -0.1) is 11.3 Å². The van der Waals surface area contributed by atoms with Gasteiger partial charge in [0.1, 0.15) is 5.75 Å². The van der Waals surface area contributed by atoms with Crippen molar-refractivity contribution in [3.63, 3.8) is 0 Å². The molecule has 0 atom stereocenters. The molecule has 0 fully saturated rings. The van der Waals surface area contributed by atoms with Gasteiger partial charge in [-0.1, -0.05) is 37.3 Å². The molecule has 0 aliphatic carbocycles. The number of aliphatic carboxylic acids is 1. The summed E-state index contributed by atoms with van der Waals surface area (Å²) in [6.07, 6.45) is 0.979. The minimum absolute atomic E-state index is 0.0111. The molecule has 1 N–H and O–H groups in total. The Bertz CT molecular complexity index is 835. The SMILES string of the molecule is CCCOc1ccc(-c2scc(-c3ccccc3)c2CC(=O)O)cc1. The van der Waals surface area contributed by atoms with Gasteiger partial charge in [0.2, 0.25) is 0 Å². The number of carboxylic acids is 1. The Morgan fingerprint density at radius 3 is 2.40 bits per heavy atom. The van der Waals surface area contributed by atoms with Crippen LogP contribution in [0, 0.1) is 0 Å². The number of hydrogen-bond acceptors (Lipinski definition) is 3. The standard InChI is InChI=1S/C21H20O3S/c1-2-12-24-17-10-8-16(9-11-17)21-18(13-20(22)23)19(14-25-21)15-6-4-3-5-7-15/h3-11,14H,2,12-13H2,1H3,(H,22,23). The zero-order chi connectivity index (χ0) is 17.6. The van der Waals surface area contributed by atoms with Gasteiger partial charge in [-0.2, -0.15) is 0 Å². The molecule has 128 valence electrons. The summed E-state index contributed by atoms with van der Waals surface area (Å²) in [4.78, 5) is 12.4. The van der Waals surface area contributed by atoms with Crippen molar-refractivity contribution in [3.05, 3.63) is 65.5 Å². The Labute approximate surface area is 151 Å². The minimum Gasteiger partial charge on any atom is -0.494 e. The fraction of sp³-hybridized carbons (Fsp3) is 0.190. The van der Waals surface area contributed by atoms with Gasteiger partial charge in [0.15, 0.2) is 0 Å². The Hall–Kier alpha value is -2.59. The summed E-state index contributed by atoms with van der Waals surface area (Å²) in [5.74, 6) is 0.0185. The Morgan fingerprint density at radius 1 is 1.04 bits per heavy atom. The van der Waals surface area contributed by atoms with E-state index in [1.165, 1.54) is 0 Å². The van der Waals surface area contributed by atoms with Crippen molar-refractivity contribution in [1.82, 2.24) is 0 Å². The average molecular weight is 352 g/mol. The van der Waals surface area contributed by atoms with Crippen molar-refractivity contribution < 1.29 is 14.6 Å². The third-order valence-electron chi connectivity index (χ3n) is 3.90. The maximum Gasteiger partial charge on any atom is 0.307 e. The number of benzene rings is 2. The van der Waals surface area contributed by atoms with Crippen LogP contribution in [0.2, 0.25) is 0 Å². The lowest BCUT2D eigenvalue weighted by Crippen LogP contribution is -2.01. The van der Waals surface area contributed by atoms with Crippen molar-refractivity contribution in [3.8, 4) is 27.3 Å². The van der Waals surface area contributed by atoms with E-state index < -0.39 is 5.97 Å². The first kappa shape index (κ1) is 17.2. The highest BCUT2D eigenvalue weighted by Gasteiger charge is 2.17. The molecular weight excluding hydrogens is 332 g/mol. The van der Waals surface area contributed by atoms with Gasteiger partial charge in [0, 0.05) is 4.88 Å². The van der Waals surface area contributed by atoms with E-state index in [9.17, 15) is 9.90 Å². The summed E-state index contributed by atoms with van der Waals surface area (Å²) in [5, 5.41) is 11.4. The lowest BCUT2D eigenvalue weighted by molar-refractivity contribution is -0.136. The first-order valence-electron chi connectivity index (χ1n) is 8.30. The summed E-state index contributed by atoms with van der Waals surface area (Å²) >= 11 is 1.59. The van der Waals surface area contributed by atoms with E-state index in [2.05, 4.69) is 6.92 Å². The zero-order valence-electron chi connectivity index (χ0n) is 14.1. The number of carboxylic acid groups (broad SMARTS) is 1. The molecule has 1 heterocycles. The van der Waals surface area contributed by atoms with E-state index in [1.54, 1.807) is 11.3 Å². The maximum absolute atomic E-state index is 11.4. The molecule has 2 aromatic carbocycles. The van der Waals surface area contributed by atoms with Crippen molar-refractivity contribution in [1.29, 1.82) is 0 Å². The van der Waals surface area contributed by atoms with E-state index in [-0.39, 0.29) is 6.42 Å². The highest BCUT2D eigenvalue weighted by molar-refractivity contribution is 7.14. The first-order valence-corrected chi connectivity index (χ1v) is 9.17. The number of ether oxygens (including phenoxy) is 1. The molecule has 0 aliphatic rings. The molecule has 0 saturated carbocycles. The molecular formula is C21H20O3S. The molecule has 0 unspecified atom stereocenters. The Balaban J connectivity index is 1.98. The van der Waals surface area contributed by atoms with Crippen molar-refractivity contribution in [2.45, 2.75) is 19.8 Å². The lowest BCUT2D eigenvalue weighted by Gasteiger charge is -2.08. The molecule has 0 spiro atoms. The summed E-state index contributed by atoms with van der Waals surface area (Å²) in [6.45, 7) is 2.77. The van der Waals surface area contributed by atoms with E-state index in [1.807, 2.05) is 60.0 Å². The maximum atomic E-state index is 11.4. The van der Waals surface area contributed by atoms with Gasteiger partial charge in [0.25, 0.3) is 0 Å². The first-order chi connectivity index (χ1) is 12.2. The second-order valence-corrected chi connectivity index (χ2v) is 6.65. The molecule has 3 aromatic rings. The third kappa shape index (κ3) is 4.09. The smallest absolute Gasteiger partial charge is 0.307 e. The van der Waals surface area contributed by atoms with Gasteiger partial charge in [-0.05, 0) is 58.3 Å².